The summed E-state index contributed by atoms with van der Waals surface area (Å²) in [4.78, 5) is 5.78. The topological polar surface area (TPSA) is 12.4 Å². The van der Waals surface area contributed by atoms with Gasteiger partial charge in [0.25, 0.3) is 0 Å². The van der Waals surface area contributed by atoms with Gasteiger partial charge >= 0.3 is 0 Å². The van der Waals surface area contributed by atoms with Crippen molar-refractivity contribution in [3.8, 4) is 0 Å². The third-order valence-corrected chi connectivity index (χ3v) is 5.58. The average molecular weight is 251 g/mol. The van der Waals surface area contributed by atoms with Gasteiger partial charge in [-0.3, -0.25) is 4.99 Å². The second kappa shape index (κ2) is 6.26. The zero-order chi connectivity index (χ0) is 12.0. The lowest BCUT2D eigenvalue weighted by molar-refractivity contribution is 1.01. The van der Waals surface area contributed by atoms with Crippen molar-refractivity contribution >= 4 is 30.3 Å². The van der Waals surface area contributed by atoms with Crippen molar-refractivity contribution in [1.29, 1.82) is 0 Å². The SMILES string of the molecule is CCC/C=N\c1ccc(S[Si](C)(C)C)cc1. The van der Waals surface area contributed by atoms with Gasteiger partial charge in [-0.2, -0.15) is 11.2 Å². The summed E-state index contributed by atoms with van der Waals surface area (Å²) in [5, 5.41) is 0. The number of aliphatic imine (C=N–C) groups is 1. The molecule has 16 heavy (non-hydrogen) atoms. The van der Waals surface area contributed by atoms with Crippen LogP contribution in [-0.2, 0) is 0 Å². The second-order valence-corrected chi connectivity index (χ2v) is 14.0. The van der Waals surface area contributed by atoms with Crippen LogP contribution in [0.25, 0.3) is 0 Å². The summed E-state index contributed by atoms with van der Waals surface area (Å²) >= 11 is 2.02. The molecule has 0 radical (unpaired) electrons. The highest BCUT2D eigenvalue weighted by atomic mass is 32.4. The molecule has 0 unspecified atom stereocenters. The van der Waals surface area contributed by atoms with Gasteiger partial charge in [0.05, 0.1) is 5.69 Å². The van der Waals surface area contributed by atoms with Crippen molar-refractivity contribution in [2.75, 3.05) is 0 Å². The Labute approximate surface area is 104 Å². The fourth-order valence-corrected chi connectivity index (χ4v) is 4.76. The van der Waals surface area contributed by atoms with Gasteiger partial charge in [0, 0.05) is 11.1 Å². The van der Waals surface area contributed by atoms with Crippen molar-refractivity contribution in [1.82, 2.24) is 0 Å². The lowest BCUT2D eigenvalue weighted by Gasteiger charge is -2.14. The monoisotopic (exact) mass is 251 g/mol. The van der Waals surface area contributed by atoms with E-state index < -0.39 is 7.22 Å². The van der Waals surface area contributed by atoms with Crippen LogP contribution in [0, 0.1) is 0 Å². The van der Waals surface area contributed by atoms with E-state index in [-0.39, 0.29) is 0 Å². The van der Waals surface area contributed by atoms with Crippen molar-refractivity contribution in [3.05, 3.63) is 24.3 Å². The van der Waals surface area contributed by atoms with E-state index in [1.807, 2.05) is 17.4 Å². The molecule has 0 spiro atoms. The molecule has 0 aliphatic rings. The van der Waals surface area contributed by atoms with Crippen LogP contribution >= 0.6 is 11.2 Å². The predicted molar refractivity (Wildman–Crippen MR) is 78.7 cm³/mol. The lowest BCUT2D eigenvalue weighted by atomic mass is 10.3. The zero-order valence-corrected chi connectivity index (χ0v) is 12.5. The molecule has 0 amide bonds. The number of hydrogen-bond acceptors (Lipinski definition) is 2. The summed E-state index contributed by atoms with van der Waals surface area (Å²) in [5.74, 6) is 0. The molecule has 3 heteroatoms. The molecule has 1 aromatic rings. The van der Waals surface area contributed by atoms with Crippen LogP contribution in [0.3, 0.4) is 0 Å². The zero-order valence-electron chi connectivity index (χ0n) is 10.7. The Bertz CT molecular complexity index is 338. The molecule has 0 aliphatic heterocycles. The Kier molecular flexibility index (Phi) is 5.29. The van der Waals surface area contributed by atoms with E-state index >= 15 is 0 Å². The van der Waals surface area contributed by atoms with Crippen molar-refractivity contribution in [3.63, 3.8) is 0 Å². The molecule has 1 aromatic carbocycles. The Balaban J connectivity index is 2.61. The fourth-order valence-electron chi connectivity index (χ4n) is 1.25. The van der Waals surface area contributed by atoms with Crippen LogP contribution in [0.2, 0.25) is 19.6 Å². The molecule has 1 rings (SSSR count). The van der Waals surface area contributed by atoms with Gasteiger partial charge in [0.2, 0.25) is 0 Å². The van der Waals surface area contributed by atoms with Crippen molar-refractivity contribution in [2.45, 2.75) is 44.3 Å². The van der Waals surface area contributed by atoms with Crippen LogP contribution in [0.1, 0.15) is 19.8 Å². The summed E-state index contributed by atoms with van der Waals surface area (Å²) < 4.78 is 0. The molecule has 0 bridgehead atoms. The number of hydrogen-bond donors (Lipinski definition) is 0. The highest BCUT2D eigenvalue weighted by Gasteiger charge is 2.14. The normalized spacial score (nSPS) is 12.2. The third-order valence-electron chi connectivity index (χ3n) is 1.92. The minimum absolute atomic E-state index is 1.06. The molecular weight excluding hydrogens is 230 g/mol. The number of unbranched alkanes of at least 4 members (excludes halogenated alkanes) is 1. The average Bonchev–Trinajstić information content (AvgIpc) is 2.19. The summed E-state index contributed by atoms with van der Waals surface area (Å²) in [6.07, 6.45) is 4.22. The molecule has 0 saturated carbocycles. The summed E-state index contributed by atoms with van der Waals surface area (Å²) in [5.41, 5.74) is 1.06. The van der Waals surface area contributed by atoms with Crippen LogP contribution in [0.5, 0.6) is 0 Å². The maximum atomic E-state index is 4.41. The molecule has 0 saturated heterocycles. The highest BCUT2D eigenvalue weighted by Crippen LogP contribution is 2.29. The highest BCUT2D eigenvalue weighted by molar-refractivity contribution is 8.28. The third kappa shape index (κ3) is 5.52. The van der Waals surface area contributed by atoms with E-state index in [1.54, 1.807) is 0 Å². The van der Waals surface area contributed by atoms with E-state index in [4.69, 9.17) is 0 Å². The predicted octanol–water partition coefficient (Wildman–Crippen LogP) is 5.12. The Morgan fingerprint density at radius 3 is 2.31 bits per heavy atom. The molecule has 88 valence electrons. The van der Waals surface area contributed by atoms with Gasteiger partial charge in [0.1, 0.15) is 7.22 Å². The first-order chi connectivity index (χ1) is 7.51. The molecule has 1 nitrogen and oxygen atoms in total. The Morgan fingerprint density at radius 1 is 1.19 bits per heavy atom. The fraction of sp³-hybridized carbons (Fsp3) is 0.462. The number of rotatable bonds is 5. The minimum Gasteiger partial charge on any atom is -0.261 e. The van der Waals surface area contributed by atoms with Crippen LogP contribution in [0.15, 0.2) is 34.2 Å². The van der Waals surface area contributed by atoms with Crippen LogP contribution < -0.4 is 0 Å². The van der Waals surface area contributed by atoms with E-state index in [0.717, 1.165) is 18.5 Å². The van der Waals surface area contributed by atoms with Gasteiger partial charge in [-0.05, 0) is 30.7 Å². The van der Waals surface area contributed by atoms with E-state index in [2.05, 4.69) is 55.8 Å². The first kappa shape index (κ1) is 13.5. The summed E-state index contributed by atoms with van der Waals surface area (Å²) in [6.45, 7) is 9.26. The van der Waals surface area contributed by atoms with E-state index in [1.165, 1.54) is 4.90 Å². The van der Waals surface area contributed by atoms with Gasteiger partial charge in [-0.1, -0.05) is 33.0 Å². The first-order valence-electron chi connectivity index (χ1n) is 5.83. The van der Waals surface area contributed by atoms with Crippen LogP contribution in [-0.4, -0.2) is 13.4 Å². The molecule has 0 aliphatic carbocycles. The second-order valence-electron chi connectivity index (χ2n) is 4.81. The number of benzene rings is 1. The standard InChI is InChI=1S/C13H21NSSi/c1-5-6-11-14-12-7-9-13(10-8-12)15-16(2,3)4/h7-11H,5-6H2,1-4H3/b14-11-. The van der Waals surface area contributed by atoms with Gasteiger partial charge in [0.15, 0.2) is 0 Å². The summed E-state index contributed by atoms with van der Waals surface area (Å²) in [6, 6.07) is 8.58. The molecule has 0 aromatic heterocycles. The molecular formula is C13H21NSSi. The minimum atomic E-state index is -1.07. The molecule has 0 fully saturated rings. The van der Waals surface area contributed by atoms with Gasteiger partial charge in [-0.25, -0.2) is 0 Å². The van der Waals surface area contributed by atoms with Crippen LogP contribution in [0.4, 0.5) is 5.69 Å². The smallest absolute Gasteiger partial charge is 0.114 e. The van der Waals surface area contributed by atoms with Crippen molar-refractivity contribution < 1.29 is 0 Å². The van der Waals surface area contributed by atoms with Gasteiger partial charge < -0.3 is 0 Å². The quantitative estimate of drug-likeness (QED) is 0.523. The Hall–Kier alpha value is -0.543. The van der Waals surface area contributed by atoms with E-state index in [0.29, 0.717) is 0 Å². The Morgan fingerprint density at radius 2 is 1.81 bits per heavy atom. The molecule has 0 N–H and O–H groups in total. The van der Waals surface area contributed by atoms with E-state index in [9.17, 15) is 0 Å². The number of nitrogens with zero attached hydrogens (tertiary/aromatic N) is 1. The lowest BCUT2D eigenvalue weighted by Crippen LogP contribution is -2.13. The maximum Gasteiger partial charge on any atom is 0.114 e. The summed E-state index contributed by atoms with van der Waals surface area (Å²) in [7, 11) is -1.07. The molecule has 0 heterocycles. The largest absolute Gasteiger partial charge is 0.261 e. The molecule has 0 atom stereocenters. The maximum absolute atomic E-state index is 4.41. The first-order valence-corrected chi connectivity index (χ1v) is 10.9. The van der Waals surface area contributed by atoms with Crippen molar-refractivity contribution in [2.24, 2.45) is 4.99 Å². The van der Waals surface area contributed by atoms with Gasteiger partial charge in [-0.15, -0.1) is 0 Å².